The Morgan fingerprint density at radius 1 is 0.793 bits per heavy atom. The summed E-state index contributed by atoms with van der Waals surface area (Å²) in [4.78, 5) is 8.13. The lowest BCUT2D eigenvalue weighted by atomic mass is 9.89. The van der Waals surface area contributed by atoms with Gasteiger partial charge in [0.25, 0.3) is 0 Å². The average Bonchev–Trinajstić information content (AvgIpc) is 2.76. The summed E-state index contributed by atoms with van der Waals surface area (Å²) in [6.07, 6.45) is 11.2. The molecule has 2 saturated heterocycles. The topological polar surface area (TPSA) is 21.8 Å². The van der Waals surface area contributed by atoms with Gasteiger partial charge in [-0.15, -0.1) is 0 Å². The summed E-state index contributed by atoms with van der Waals surface area (Å²) in [5.41, 5.74) is 1.39. The van der Waals surface area contributed by atoms with Gasteiger partial charge in [0, 0.05) is 50.5 Å². The van der Waals surface area contributed by atoms with E-state index in [0.29, 0.717) is 0 Å². The number of piperazine rings is 1. The number of benzene rings is 1. The van der Waals surface area contributed by atoms with Crippen molar-refractivity contribution in [1.82, 2.24) is 15.1 Å². The predicted octanol–water partition coefficient (Wildman–Crippen LogP) is 3.83. The third-order valence-electron chi connectivity index (χ3n) is 7.76. The Kier molecular flexibility index (Phi) is 7.87. The van der Waals surface area contributed by atoms with E-state index in [4.69, 9.17) is 0 Å². The highest BCUT2D eigenvalue weighted by Crippen LogP contribution is 2.27. The van der Waals surface area contributed by atoms with Gasteiger partial charge in [-0.2, -0.15) is 0 Å². The van der Waals surface area contributed by atoms with E-state index in [2.05, 4.69) is 57.4 Å². The van der Waals surface area contributed by atoms with Crippen LogP contribution >= 0.6 is 0 Å². The Morgan fingerprint density at radius 2 is 1.45 bits per heavy atom. The van der Waals surface area contributed by atoms with Gasteiger partial charge in [0.15, 0.2) is 0 Å². The van der Waals surface area contributed by atoms with Crippen LogP contribution in [0.25, 0.3) is 0 Å². The monoisotopic (exact) mass is 398 g/mol. The SMILES string of the molecule is CNC1CCCC(N2CCC(CN3CCN(c4ccccc4)CC3)CC2)CCC1. The highest BCUT2D eigenvalue weighted by Gasteiger charge is 2.28. The largest absolute Gasteiger partial charge is 0.369 e. The van der Waals surface area contributed by atoms with Crippen LogP contribution in [0.3, 0.4) is 0 Å². The normalized spacial score (nSPS) is 28.8. The molecule has 0 atom stereocenters. The fourth-order valence-electron chi connectivity index (χ4n) is 5.84. The summed E-state index contributed by atoms with van der Waals surface area (Å²) in [5.74, 6) is 0.914. The summed E-state index contributed by atoms with van der Waals surface area (Å²) in [6.45, 7) is 8.82. The Bertz CT molecular complexity index is 566. The molecule has 1 aromatic rings. The molecule has 4 rings (SSSR count). The van der Waals surface area contributed by atoms with Gasteiger partial charge in [-0.3, -0.25) is 4.90 Å². The zero-order chi connectivity index (χ0) is 19.9. The van der Waals surface area contributed by atoms with E-state index in [-0.39, 0.29) is 0 Å². The van der Waals surface area contributed by atoms with Crippen LogP contribution < -0.4 is 10.2 Å². The third-order valence-corrected chi connectivity index (χ3v) is 7.76. The maximum atomic E-state index is 3.50. The van der Waals surface area contributed by atoms with Crippen molar-refractivity contribution < 1.29 is 0 Å². The van der Waals surface area contributed by atoms with Gasteiger partial charge in [-0.1, -0.05) is 31.0 Å². The zero-order valence-electron chi connectivity index (χ0n) is 18.6. The third kappa shape index (κ3) is 5.96. The van der Waals surface area contributed by atoms with Crippen molar-refractivity contribution >= 4 is 5.69 Å². The molecule has 0 radical (unpaired) electrons. The van der Waals surface area contributed by atoms with Gasteiger partial charge in [-0.05, 0) is 76.7 Å². The Hall–Kier alpha value is -1.10. The summed E-state index contributed by atoms with van der Waals surface area (Å²) in [6, 6.07) is 12.6. The molecule has 0 amide bonds. The smallest absolute Gasteiger partial charge is 0.0367 e. The fraction of sp³-hybridized carbons (Fsp3) is 0.760. The average molecular weight is 399 g/mol. The van der Waals surface area contributed by atoms with Crippen LogP contribution in [0.5, 0.6) is 0 Å². The Morgan fingerprint density at radius 3 is 2.07 bits per heavy atom. The van der Waals surface area contributed by atoms with Crippen LogP contribution in [0.4, 0.5) is 5.69 Å². The minimum absolute atomic E-state index is 0.768. The fourth-order valence-corrected chi connectivity index (χ4v) is 5.84. The summed E-state index contributed by atoms with van der Waals surface area (Å²) in [5, 5.41) is 3.50. The molecule has 4 heteroatoms. The van der Waals surface area contributed by atoms with E-state index in [1.165, 1.54) is 103 Å². The molecule has 2 heterocycles. The second-order valence-electron chi connectivity index (χ2n) is 9.60. The molecular weight excluding hydrogens is 356 g/mol. The van der Waals surface area contributed by atoms with E-state index < -0.39 is 0 Å². The van der Waals surface area contributed by atoms with Crippen molar-refractivity contribution in [3.8, 4) is 0 Å². The lowest BCUT2D eigenvalue weighted by Crippen LogP contribution is -2.49. The van der Waals surface area contributed by atoms with E-state index >= 15 is 0 Å². The van der Waals surface area contributed by atoms with Gasteiger partial charge >= 0.3 is 0 Å². The highest BCUT2D eigenvalue weighted by molar-refractivity contribution is 5.46. The molecule has 0 unspecified atom stereocenters. The molecule has 2 aliphatic heterocycles. The van der Waals surface area contributed by atoms with Crippen LogP contribution in [0.2, 0.25) is 0 Å². The number of nitrogens with one attached hydrogen (secondary N) is 1. The first-order valence-electron chi connectivity index (χ1n) is 12.3. The molecular formula is C25H42N4. The number of hydrogen-bond acceptors (Lipinski definition) is 4. The molecule has 3 fully saturated rings. The number of nitrogens with zero attached hydrogens (tertiary/aromatic N) is 3. The molecule has 3 aliphatic rings. The predicted molar refractivity (Wildman–Crippen MR) is 124 cm³/mol. The van der Waals surface area contributed by atoms with Crippen molar-refractivity contribution in [2.24, 2.45) is 5.92 Å². The summed E-state index contributed by atoms with van der Waals surface area (Å²) >= 11 is 0. The number of rotatable bonds is 5. The number of hydrogen-bond donors (Lipinski definition) is 1. The molecule has 1 saturated carbocycles. The maximum absolute atomic E-state index is 3.50. The second-order valence-corrected chi connectivity index (χ2v) is 9.60. The van der Waals surface area contributed by atoms with Crippen molar-refractivity contribution in [3.05, 3.63) is 30.3 Å². The summed E-state index contributed by atoms with van der Waals surface area (Å²) in [7, 11) is 2.13. The lowest BCUT2D eigenvalue weighted by Gasteiger charge is -2.42. The number of likely N-dealkylation sites (tertiary alicyclic amines) is 1. The van der Waals surface area contributed by atoms with Crippen molar-refractivity contribution in [2.45, 2.75) is 63.5 Å². The van der Waals surface area contributed by atoms with Crippen LogP contribution in [0.15, 0.2) is 30.3 Å². The molecule has 0 aromatic heterocycles. The first-order valence-corrected chi connectivity index (χ1v) is 12.3. The molecule has 0 spiro atoms. The number of para-hydroxylation sites is 1. The van der Waals surface area contributed by atoms with Crippen molar-refractivity contribution in [3.63, 3.8) is 0 Å². The van der Waals surface area contributed by atoms with Crippen LogP contribution in [0.1, 0.15) is 51.4 Å². The van der Waals surface area contributed by atoms with Gasteiger partial charge in [0.1, 0.15) is 0 Å². The quantitative estimate of drug-likeness (QED) is 0.814. The molecule has 0 bridgehead atoms. The Labute approximate surface area is 178 Å². The first kappa shape index (κ1) is 21.1. The molecule has 162 valence electrons. The molecule has 4 nitrogen and oxygen atoms in total. The minimum Gasteiger partial charge on any atom is -0.369 e. The molecule has 1 aromatic carbocycles. The molecule has 29 heavy (non-hydrogen) atoms. The zero-order valence-corrected chi connectivity index (χ0v) is 18.6. The van der Waals surface area contributed by atoms with Crippen LogP contribution in [-0.2, 0) is 0 Å². The standard InChI is InChI=1S/C25H42N4/c1-26-23-7-5-11-25(12-6-8-23)28-15-13-22(14-16-28)21-27-17-19-29(20-18-27)24-9-3-2-4-10-24/h2-4,9-10,22-23,25-26H,5-8,11-21H2,1H3. The lowest BCUT2D eigenvalue weighted by molar-refractivity contribution is 0.0933. The Balaban J connectivity index is 1.16. The molecule has 1 N–H and O–H groups in total. The van der Waals surface area contributed by atoms with Gasteiger partial charge in [0.05, 0.1) is 0 Å². The molecule has 1 aliphatic carbocycles. The van der Waals surface area contributed by atoms with Crippen LogP contribution in [0, 0.1) is 5.92 Å². The minimum atomic E-state index is 0.768. The number of piperidine rings is 1. The van der Waals surface area contributed by atoms with E-state index in [0.717, 1.165) is 18.0 Å². The van der Waals surface area contributed by atoms with E-state index in [9.17, 15) is 0 Å². The first-order chi connectivity index (χ1) is 14.3. The van der Waals surface area contributed by atoms with Gasteiger partial charge in [0.2, 0.25) is 0 Å². The number of anilines is 1. The highest BCUT2D eigenvalue weighted by atomic mass is 15.3. The van der Waals surface area contributed by atoms with E-state index in [1.54, 1.807) is 0 Å². The van der Waals surface area contributed by atoms with Crippen molar-refractivity contribution in [2.75, 3.05) is 57.8 Å². The van der Waals surface area contributed by atoms with Gasteiger partial charge in [-0.25, -0.2) is 0 Å². The maximum Gasteiger partial charge on any atom is 0.0367 e. The van der Waals surface area contributed by atoms with Crippen LogP contribution in [-0.4, -0.2) is 74.7 Å². The van der Waals surface area contributed by atoms with E-state index in [1.807, 2.05) is 0 Å². The van der Waals surface area contributed by atoms with Crippen molar-refractivity contribution in [1.29, 1.82) is 0 Å². The second kappa shape index (κ2) is 10.8. The van der Waals surface area contributed by atoms with Gasteiger partial charge < -0.3 is 15.1 Å². The summed E-state index contributed by atoms with van der Waals surface area (Å²) < 4.78 is 0.